The minimum atomic E-state index is -0.936. The van der Waals surface area contributed by atoms with E-state index in [4.69, 9.17) is 9.84 Å². The highest BCUT2D eigenvalue weighted by molar-refractivity contribution is 7.99. The van der Waals surface area contributed by atoms with Gasteiger partial charge in [0.2, 0.25) is 0 Å². The lowest BCUT2D eigenvalue weighted by molar-refractivity contribution is -0.136. The summed E-state index contributed by atoms with van der Waals surface area (Å²) >= 11 is 1.81. The van der Waals surface area contributed by atoms with Gasteiger partial charge in [-0.15, -0.1) is 11.8 Å². The highest BCUT2D eigenvalue weighted by Crippen LogP contribution is 2.35. The molecule has 0 saturated heterocycles. The molecular formula is C20H22FNO3S. The zero-order chi connectivity index (χ0) is 18.4. The molecule has 0 aliphatic heterocycles. The van der Waals surface area contributed by atoms with E-state index in [1.54, 1.807) is 18.3 Å². The fourth-order valence-corrected chi connectivity index (χ4v) is 4.31. The summed E-state index contributed by atoms with van der Waals surface area (Å²) in [5.41, 5.74) is 1.39. The minimum absolute atomic E-state index is 0.0887. The van der Waals surface area contributed by atoms with Gasteiger partial charge in [0.1, 0.15) is 23.2 Å². The van der Waals surface area contributed by atoms with Crippen LogP contribution >= 0.6 is 11.8 Å². The van der Waals surface area contributed by atoms with Crippen LogP contribution in [0.25, 0.3) is 0 Å². The Kier molecular flexibility index (Phi) is 6.50. The molecule has 1 aliphatic rings. The lowest BCUT2D eigenvalue weighted by atomic mass is 10.1. The van der Waals surface area contributed by atoms with E-state index in [0.29, 0.717) is 23.2 Å². The molecule has 1 aromatic heterocycles. The van der Waals surface area contributed by atoms with E-state index < -0.39 is 11.8 Å². The van der Waals surface area contributed by atoms with Gasteiger partial charge in [-0.25, -0.2) is 9.37 Å². The molecule has 1 saturated carbocycles. The first-order valence-electron chi connectivity index (χ1n) is 8.85. The number of carboxylic acid groups (broad SMARTS) is 1. The lowest BCUT2D eigenvalue weighted by Gasteiger charge is -2.13. The van der Waals surface area contributed by atoms with Gasteiger partial charge in [-0.05, 0) is 37.0 Å². The highest BCUT2D eigenvalue weighted by Gasteiger charge is 2.18. The van der Waals surface area contributed by atoms with Gasteiger partial charge in [-0.3, -0.25) is 4.79 Å². The molecule has 2 aromatic rings. The molecule has 0 bridgehead atoms. The van der Waals surface area contributed by atoms with Crippen LogP contribution in [0.5, 0.6) is 5.75 Å². The summed E-state index contributed by atoms with van der Waals surface area (Å²) in [5.74, 6) is -0.939. The Balaban J connectivity index is 1.62. The average Bonchev–Trinajstić information content (AvgIpc) is 3.13. The van der Waals surface area contributed by atoms with Crippen molar-refractivity contribution >= 4 is 17.7 Å². The van der Waals surface area contributed by atoms with Crippen molar-refractivity contribution in [2.75, 3.05) is 0 Å². The van der Waals surface area contributed by atoms with Crippen molar-refractivity contribution < 1.29 is 19.0 Å². The van der Waals surface area contributed by atoms with Crippen LogP contribution in [0.15, 0.2) is 41.6 Å². The fraction of sp³-hybridized carbons (Fsp3) is 0.400. The molecule has 4 nitrogen and oxygen atoms in total. The third-order valence-electron chi connectivity index (χ3n) is 4.46. The number of halogens is 1. The first-order valence-corrected chi connectivity index (χ1v) is 9.73. The Morgan fingerprint density at radius 1 is 1.27 bits per heavy atom. The van der Waals surface area contributed by atoms with E-state index in [-0.39, 0.29) is 12.8 Å². The van der Waals surface area contributed by atoms with Gasteiger partial charge in [0.05, 0.1) is 0 Å². The van der Waals surface area contributed by atoms with Crippen LogP contribution in [0.3, 0.4) is 0 Å². The summed E-state index contributed by atoms with van der Waals surface area (Å²) in [6, 6.07) is 8.46. The van der Waals surface area contributed by atoms with E-state index in [1.165, 1.54) is 31.7 Å². The number of benzene rings is 1. The Bertz CT molecular complexity index is 762. The predicted molar refractivity (Wildman–Crippen MR) is 99.0 cm³/mol. The molecule has 1 heterocycles. The number of aryl methyl sites for hydroxylation is 1. The van der Waals surface area contributed by atoms with Crippen LogP contribution in [0.1, 0.15) is 43.2 Å². The third kappa shape index (κ3) is 5.21. The van der Waals surface area contributed by atoms with E-state index >= 15 is 0 Å². The lowest BCUT2D eigenvalue weighted by Crippen LogP contribution is -2.03. The number of carboxylic acids is 1. The number of hydrogen-bond donors (Lipinski definition) is 1. The summed E-state index contributed by atoms with van der Waals surface area (Å²) in [6.45, 7) is 0.330. The molecule has 138 valence electrons. The quantitative estimate of drug-likeness (QED) is 0.715. The maximum absolute atomic E-state index is 14.1. The van der Waals surface area contributed by atoms with E-state index in [9.17, 15) is 9.18 Å². The Morgan fingerprint density at radius 2 is 2.08 bits per heavy atom. The number of hydrogen-bond acceptors (Lipinski definition) is 4. The van der Waals surface area contributed by atoms with Crippen molar-refractivity contribution in [1.82, 2.24) is 4.98 Å². The molecule has 1 N–H and O–H groups in total. The number of carbonyl (C=O) groups is 1. The van der Waals surface area contributed by atoms with Gasteiger partial charge < -0.3 is 9.84 Å². The van der Waals surface area contributed by atoms with Crippen LogP contribution in [0, 0.1) is 5.82 Å². The van der Waals surface area contributed by atoms with Crippen LogP contribution in [-0.2, 0) is 17.8 Å². The van der Waals surface area contributed by atoms with Gasteiger partial charge in [0, 0.05) is 29.5 Å². The van der Waals surface area contributed by atoms with Crippen molar-refractivity contribution in [3.05, 3.63) is 53.5 Å². The highest BCUT2D eigenvalue weighted by atomic mass is 32.2. The Morgan fingerprint density at radius 3 is 2.81 bits per heavy atom. The topological polar surface area (TPSA) is 59.4 Å². The SMILES string of the molecule is O=C(O)CCc1ccc(OCc2cccnc2SC2CCCC2)cc1F. The second kappa shape index (κ2) is 9.03. The molecule has 26 heavy (non-hydrogen) atoms. The zero-order valence-corrected chi connectivity index (χ0v) is 15.3. The first-order chi connectivity index (χ1) is 12.6. The average molecular weight is 375 g/mol. The Labute approximate surface area is 156 Å². The Hall–Kier alpha value is -2.08. The van der Waals surface area contributed by atoms with Gasteiger partial charge in [0.15, 0.2) is 0 Å². The van der Waals surface area contributed by atoms with Crippen LogP contribution in [0.4, 0.5) is 4.39 Å². The summed E-state index contributed by atoms with van der Waals surface area (Å²) in [4.78, 5) is 15.1. The molecule has 1 fully saturated rings. The molecule has 1 aromatic carbocycles. The van der Waals surface area contributed by atoms with Gasteiger partial charge >= 0.3 is 5.97 Å². The number of aliphatic carboxylic acids is 1. The summed E-state index contributed by atoms with van der Waals surface area (Å²) < 4.78 is 19.8. The van der Waals surface area contributed by atoms with Crippen molar-refractivity contribution in [3.63, 3.8) is 0 Å². The molecular weight excluding hydrogens is 353 g/mol. The van der Waals surface area contributed by atoms with Crippen molar-refractivity contribution in [2.45, 2.75) is 55.4 Å². The van der Waals surface area contributed by atoms with Gasteiger partial charge in [-0.2, -0.15) is 0 Å². The second-order valence-corrected chi connectivity index (χ2v) is 7.72. The molecule has 0 amide bonds. The van der Waals surface area contributed by atoms with E-state index in [1.807, 2.05) is 23.9 Å². The zero-order valence-electron chi connectivity index (χ0n) is 14.5. The van der Waals surface area contributed by atoms with Crippen LogP contribution < -0.4 is 4.74 Å². The second-order valence-electron chi connectivity index (χ2n) is 6.43. The number of nitrogens with zero attached hydrogens (tertiary/aromatic N) is 1. The number of thioether (sulfide) groups is 1. The molecule has 0 atom stereocenters. The number of aromatic nitrogens is 1. The number of ether oxygens (including phenoxy) is 1. The smallest absolute Gasteiger partial charge is 0.303 e. The third-order valence-corrected chi connectivity index (χ3v) is 5.85. The van der Waals surface area contributed by atoms with Crippen LogP contribution in [-0.4, -0.2) is 21.3 Å². The van der Waals surface area contributed by atoms with Crippen LogP contribution in [0.2, 0.25) is 0 Å². The van der Waals surface area contributed by atoms with Crippen molar-refractivity contribution in [2.24, 2.45) is 0 Å². The first kappa shape index (κ1) is 18.7. The van der Waals surface area contributed by atoms with Gasteiger partial charge in [-0.1, -0.05) is 25.0 Å². The largest absolute Gasteiger partial charge is 0.489 e. The normalized spacial score (nSPS) is 14.5. The minimum Gasteiger partial charge on any atom is -0.489 e. The monoisotopic (exact) mass is 375 g/mol. The maximum Gasteiger partial charge on any atom is 0.303 e. The summed E-state index contributed by atoms with van der Waals surface area (Å²) in [7, 11) is 0. The van der Waals surface area contributed by atoms with E-state index in [2.05, 4.69) is 4.98 Å². The number of rotatable bonds is 8. The molecule has 6 heteroatoms. The predicted octanol–water partition coefficient (Wildman–Crippen LogP) is 4.85. The van der Waals surface area contributed by atoms with Crippen molar-refractivity contribution in [1.29, 1.82) is 0 Å². The molecule has 3 rings (SSSR count). The molecule has 0 unspecified atom stereocenters. The fourth-order valence-electron chi connectivity index (χ4n) is 3.03. The molecule has 0 spiro atoms. The van der Waals surface area contributed by atoms with Crippen molar-refractivity contribution in [3.8, 4) is 5.75 Å². The summed E-state index contributed by atoms with van der Waals surface area (Å²) in [6.07, 6.45) is 6.89. The molecule has 0 radical (unpaired) electrons. The van der Waals surface area contributed by atoms with Gasteiger partial charge in [0.25, 0.3) is 0 Å². The number of pyridine rings is 1. The maximum atomic E-state index is 14.1. The van der Waals surface area contributed by atoms with E-state index in [0.717, 1.165) is 10.6 Å². The standard InChI is InChI=1S/C20H22FNO3S/c21-18-12-16(9-7-14(18)8-10-19(23)24)25-13-15-4-3-11-22-20(15)26-17-5-1-2-6-17/h3-4,7,9,11-12,17H,1-2,5-6,8,10,13H2,(H,23,24). The molecule has 1 aliphatic carbocycles. The summed E-state index contributed by atoms with van der Waals surface area (Å²) in [5, 5.41) is 10.3.